The molecule has 0 unspecified atom stereocenters. The highest BCUT2D eigenvalue weighted by atomic mass is 35.5. The fourth-order valence-electron chi connectivity index (χ4n) is 1.59. The Morgan fingerprint density at radius 3 is 2.90 bits per heavy atom. The molecule has 0 aromatic heterocycles. The van der Waals surface area contributed by atoms with Crippen molar-refractivity contribution in [1.82, 2.24) is 0 Å². The van der Waals surface area contributed by atoms with Crippen molar-refractivity contribution in [3.63, 3.8) is 0 Å². The van der Waals surface area contributed by atoms with Gasteiger partial charge in [-0.2, -0.15) is 0 Å². The lowest BCUT2D eigenvalue weighted by molar-refractivity contribution is -0.141. The zero-order valence-corrected chi connectivity index (χ0v) is 13.2. The van der Waals surface area contributed by atoms with Crippen molar-refractivity contribution in [3.05, 3.63) is 28.2 Å². The lowest BCUT2D eigenvalue weighted by Crippen LogP contribution is -2.24. The molecule has 1 heterocycles. The summed E-state index contributed by atoms with van der Waals surface area (Å²) in [5.74, 6) is -0.300. The summed E-state index contributed by atoms with van der Waals surface area (Å²) in [6.07, 6.45) is 0. The molecule has 1 aromatic rings. The van der Waals surface area contributed by atoms with Crippen LogP contribution >= 0.6 is 35.0 Å². The first-order valence-corrected chi connectivity index (χ1v) is 7.57. The van der Waals surface area contributed by atoms with Crippen molar-refractivity contribution < 1.29 is 9.53 Å². The first-order chi connectivity index (χ1) is 9.51. The predicted molar refractivity (Wildman–Crippen MR) is 84.7 cm³/mol. The van der Waals surface area contributed by atoms with E-state index >= 15 is 0 Å². The highest BCUT2D eigenvalue weighted by Crippen LogP contribution is 2.32. The topological polar surface area (TPSA) is 51.0 Å². The molecule has 106 valence electrons. The van der Waals surface area contributed by atoms with Crippen molar-refractivity contribution in [2.45, 2.75) is 19.1 Å². The molecule has 4 nitrogen and oxygen atoms in total. The highest BCUT2D eigenvalue weighted by molar-refractivity contribution is 8.16. The average Bonchev–Trinajstić information content (AvgIpc) is 2.74. The van der Waals surface area contributed by atoms with Crippen LogP contribution in [0.2, 0.25) is 10.0 Å². The fourth-order valence-corrected chi connectivity index (χ4v) is 2.99. The number of hydrogen-bond donors (Lipinski definition) is 0. The van der Waals surface area contributed by atoms with Crippen LogP contribution in [0.5, 0.6) is 0 Å². The quantitative estimate of drug-likeness (QED) is 0.783. The van der Waals surface area contributed by atoms with Gasteiger partial charge in [-0.1, -0.05) is 35.0 Å². The minimum absolute atomic E-state index is 0.300. The van der Waals surface area contributed by atoms with Crippen LogP contribution in [0.4, 0.5) is 5.69 Å². The van der Waals surface area contributed by atoms with Gasteiger partial charge in [0, 0.05) is 10.7 Å². The summed E-state index contributed by atoms with van der Waals surface area (Å²) in [4.78, 5) is 20.3. The largest absolute Gasteiger partial charge is 0.465 e. The number of carbonyl (C=O) groups is 1. The summed E-state index contributed by atoms with van der Waals surface area (Å²) in [5, 5.41) is 1.05. The number of benzene rings is 1. The van der Waals surface area contributed by atoms with Gasteiger partial charge >= 0.3 is 5.97 Å². The summed E-state index contributed by atoms with van der Waals surface area (Å²) in [6.45, 7) is 3.89. The average molecular weight is 331 g/mol. The number of halogens is 2. The fraction of sp³-hybridized carbons (Fsp3) is 0.308. The van der Waals surface area contributed by atoms with Gasteiger partial charge in [-0.05, 0) is 32.0 Å². The number of nitrogens with zero attached hydrogens (tertiary/aromatic N) is 2. The molecule has 0 saturated heterocycles. The number of thioether (sulfide) groups is 1. The van der Waals surface area contributed by atoms with Gasteiger partial charge in [-0.3, -0.25) is 4.79 Å². The number of hydrogen-bond acceptors (Lipinski definition) is 4. The summed E-state index contributed by atoms with van der Waals surface area (Å²) < 4.78 is 5.00. The number of carbonyl (C=O) groups excluding carboxylic acids is 1. The van der Waals surface area contributed by atoms with Crippen LogP contribution < -0.4 is 0 Å². The Balaban J connectivity index is 2.19. The van der Waals surface area contributed by atoms with Crippen LogP contribution in [0.25, 0.3) is 0 Å². The van der Waals surface area contributed by atoms with Crippen LogP contribution in [-0.4, -0.2) is 28.7 Å². The lowest BCUT2D eigenvalue weighted by atomic mass is 10.3. The Hall–Kier alpha value is -1.04. The summed E-state index contributed by atoms with van der Waals surface area (Å²) in [7, 11) is 0. The highest BCUT2D eigenvalue weighted by Gasteiger charge is 2.31. The molecule has 2 rings (SSSR count). The Labute approximate surface area is 131 Å². The van der Waals surface area contributed by atoms with E-state index in [1.54, 1.807) is 32.0 Å². The van der Waals surface area contributed by atoms with Gasteiger partial charge in [0.05, 0.1) is 17.3 Å². The van der Waals surface area contributed by atoms with E-state index in [0.29, 0.717) is 33.2 Å². The number of ether oxygens (including phenoxy) is 1. The predicted octanol–water partition coefficient (Wildman–Crippen LogP) is 4.12. The molecule has 1 aliphatic heterocycles. The second kappa shape index (κ2) is 6.61. The van der Waals surface area contributed by atoms with Crippen LogP contribution in [0.1, 0.15) is 13.8 Å². The van der Waals surface area contributed by atoms with Crippen LogP contribution in [-0.2, 0) is 9.53 Å². The maximum Gasteiger partial charge on any atom is 0.325 e. The van der Waals surface area contributed by atoms with E-state index in [9.17, 15) is 4.79 Å². The van der Waals surface area contributed by atoms with E-state index in [1.165, 1.54) is 11.8 Å². The minimum atomic E-state index is -0.431. The third-order valence-corrected chi connectivity index (χ3v) is 4.20. The molecule has 20 heavy (non-hydrogen) atoms. The molecule has 7 heteroatoms. The first-order valence-electron chi connectivity index (χ1n) is 5.93. The number of aliphatic imine (C=N–C) groups is 2. The number of rotatable bonds is 3. The zero-order chi connectivity index (χ0) is 14.7. The SMILES string of the molecule is CCOC(=O)[C@H]1SC(=Nc2ccc(Cl)cc2Cl)N=C1C. The monoisotopic (exact) mass is 330 g/mol. The number of amidine groups is 1. The van der Waals surface area contributed by atoms with Crippen molar-refractivity contribution in [3.8, 4) is 0 Å². The molecule has 1 aromatic carbocycles. The molecule has 1 atom stereocenters. The van der Waals surface area contributed by atoms with Gasteiger partial charge in [0.2, 0.25) is 0 Å². The summed E-state index contributed by atoms with van der Waals surface area (Å²) in [6, 6.07) is 5.02. The van der Waals surface area contributed by atoms with E-state index in [1.807, 2.05) is 0 Å². The Morgan fingerprint density at radius 2 is 2.25 bits per heavy atom. The van der Waals surface area contributed by atoms with Gasteiger partial charge in [0.1, 0.15) is 5.25 Å². The summed E-state index contributed by atoms with van der Waals surface area (Å²) in [5.41, 5.74) is 1.25. The van der Waals surface area contributed by atoms with Gasteiger partial charge in [-0.25, -0.2) is 9.98 Å². The first kappa shape index (κ1) is 15.4. The molecule has 0 aliphatic carbocycles. The molecule has 0 N–H and O–H groups in total. The molecule has 0 radical (unpaired) electrons. The lowest BCUT2D eigenvalue weighted by Gasteiger charge is -2.07. The molecular formula is C13H12Cl2N2O2S. The second-order valence-corrected chi connectivity index (χ2v) is 5.91. The molecule has 0 amide bonds. The maximum absolute atomic E-state index is 11.7. The standard InChI is InChI=1S/C13H12Cl2N2O2S/c1-3-19-12(18)11-7(2)16-13(20-11)17-10-5-4-8(14)6-9(10)15/h4-6,11H,3H2,1-2H3/t11-/m0/s1. The van der Waals surface area contributed by atoms with Crippen LogP contribution in [0.3, 0.4) is 0 Å². The Bertz CT molecular complexity index is 602. The molecular weight excluding hydrogens is 319 g/mol. The Morgan fingerprint density at radius 1 is 1.50 bits per heavy atom. The van der Waals surface area contributed by atoms with Crippen molar-refractivity contribution in [1.29, 1.82) is 0 Å². The number of esters is 1. The third-order valence-electron chi connectivity index (χ3n) is 2.50. The second-order valence-electron chi connectivity index (χ2n) is 3.99. The minimum Gasteiger partial charge on any atom is -0.465 e. The Kier molecular flexibility index (Phi) is 5.07. The third kappa shape index (κ3) is 3.53. The van der Waals surface area contributed by atoms with E-state index < -0.39 is 5.25 Å². The molecule has 0 spiro atoms. The van der Waals surface area contributed by atoms with Gasteiger partial charge in [-0.15, -0.1) is 0 Å². The summed E-state index contributed by atoms with van der Waals surface area (Å²) >= 11 is 13.1. The van der Waals surface area contributed by atoms with Crippen molar-refractivity contribution in [2.75, 3.05) is 6.61 Å². The zero-order valence-electron chi connectivity index (χ0n) is 10.9. The van der Waals surface area contributed by atoms with Crippen molar-refractivity contribution >= 4 is 57.5 Å². The van der Waals surface area contributed by atoms with Crippen LogP contribution in [0.15, 0.2) is 28.2 Å². The van der Waals surface area contributed by atoms with E-state index in [2.05, 4.69) is 9.98 Å². The molecule has 0 bridgehead atoms. The maximum atomic E-state index is 11.7. The van der Waals surface area contributed by atoms with Gasteiger partial charge < -0.3 is 4.74 Å². The molecule has 0 saturated carbocycles. The van der Waals surface area contributed by atoms with Crippen molar-refractivity contribution in [2.24, 2.45) is 9.98 Å². The van der Waals surface area contributed by atoms with E-state index in [0.717, 1.165) is 0 Å². The molecule has 0 fully saturated rings. The normalized spacial score (nSPS) is 20.1. The van der Waals surface area contributed by atoms with Crippen LogP contribution in [0, 0.1) is 0 Å². The van der Waals surface area contributed by atoms with Gasteiger partial charge in [0.25, 0.3) is 0 Å². The van der Waals surface area contributed by atoms with E-state index in [4.69, 9.17) is 27.9 Å². The van der Waals surface area contributed by atoms with Gasteiger partial charge in [0.15, 0.2) is 5.17 Å². The molecule has 1 aliphatic rings. The smallest absolute Gasteiger partial charge is 0.325 e. The van der Waals surface area contributed by atoms with E-state index in [-0.39, 0.29) is 5.97 Å².